The molecule has 1 amide bonds. The minimum absolute atomic E-state index is 0.00126. The Morgan fingerprint density at radius 3 is 1.96 bits per heavy atom. The predicted octanol–water partition coefficient (Wildman–Crippen LogP) is 2.32. The van der Waals surface area contributed by atoms with Crippen LogP contribution in [0.5, 0.6) is 5.75 Å². The highest BCUT2D eigenvalue weighted by Crippen LogP contribution is 2.21. The molecule has 1 aromatic rings. The van der Waals surface area contributed by atoms with Gasteiger partial charge in [0.05, 0.1) is 33.2 Å². The summed E-state index contributed by atoms with van der Waals surface area (Å²) in [6, 6.07) is 6.91. The van der Waals surface area contributed by atoms with Crippen molar-refractivity contribution >= 4 is 23.5 Å². The number of anilines is 1. The number of benzene rings is 1. The summed E-state index contributed by atoms with van der Waals surface area (Å²) in [4.78, 5) is 37.0. The van der Waals surface area contributed by atoms with Gasteiger partial charge in [0.25, 0.3) is 0 Å². The van der Waals surface area contributed by atoms with Crippen LogP contribution in [-0.2, 0) is 23.9 Å². The van der Waals surface area contributed by atoms with Gasteiger partial charge in [-0.15, -0.1) is 0 Å². The number of methoxy groups -OCH3 is 1. The van der Waals surface area contributed by atoms with E-state index in [4.69, 9.17) is 14.2 Å². The Morgan fingerprint density at radius 2 is 1.44 bits per heavy atom. The van der Waals surface area contributed by atoms with Crippen molar-refractivity contribution in [2.45, 2.75) is 33.1 Å². The smallest absolute Gasteiger partial charge is 0.307 e. The van der Waals surface area contributed by atoms with Gasteiger partial charge >= 0.3 is 11.9 Å². The van der Waals surface area contributed by atoms with Crippen LogP contribution in [0.25, 0.3) is 0 Å². The molecule has 7 heteroatoms. The second-order valence-corrected chi connectivity index (χ2v) is 5.10. The van der Waals surface area contributed by atoms with Gasteiger partial charge in [-0.2, -0.15) is 0 Å². The molecule has 0 saturated heterocycles. The van der Waals surface area contributed by atoms with E-state index in [0.29, 0.717) is 11.4 Å². The first-order valence-electron chi connectivity index (χ1n) is 8.27. The lowest BCUT2D eigenvalue weighted by atomic mass is 10.2. The van der Waals surface area contributed by atoms with Crippen LogP contribution in [0.2, 0.25) is 0 Å². The minimum Gasteiger partial charge on any atom is -0.497 e. The molecular weight excluding hydrogens is 326 g/mol. The number of hydrogen-bond donors (Lipinski definition) is 0. The van der Waals surface area contributed by atoms with Crippen LogP contribution in [0, 0.1) is 0 Å². The van der Waals surface area contributed by atoms with Crippen LogP contribution >= 0.6 is 0 Å². The zero-order valence-corrected chi connectivity index (χ0v) is 14.9. The largest absolute Gasteiger partial charge is 0.497 e. The monoisotopic (exact) mass is 351 g/mol. The molecule has 0 aromatic heterocycles. The molecule has 0 heterocycles. The maximum Gasteiger partial charge on any atom is 0.307 e. The summed E-state index contributed by atoms with van der Waals surface area (Å²) in [6.45, 7) is 4.18. The van der Waals surface area contributed by atoms with Crippen LogP contribution in [0.3, 0.4) is 0 Å². The van der Waals surface area contributed by atoms with Gasteiger partial charge < -0.3 is 19.1 Å². The lowest BCUT2D eigenvalue weighted by Gasteiger charge is -2.22. The quantitative estimate of drug-likeness (QED) is 0.602. The lowest BCUT2D eigenvalue weighted by molar-refractivity contribution is -0.145. The standard InChI is InChI=1S/C18H25NO6/c1-4-24-17(21)11-10-16(20)19(13-12-18(22)25-5-2)14-6-8-15(23-3)9-7-14/h6-9H,4-5,10-13H2,1-3H3. The lowest BCUT2D eigenvalue weighted by Crippen LogP contribution is -2.33. The van der Waals surface area contributed by atoms with Gasteiger partial charge in [0, 0.05) is 18.7 Å². The SMILES string of the molecule is CCOC(=O)CCC(=O)N(CCC(=O)OCC)c1ccc(OC)cc1. The third kappa shape index (κ3) is 7.24. The number of ether oxygens (including phenoxy) is 3. The van der Waals surface area contributed by atoms with E-state index in [1.54, 1.807) is 45.2 Å². The second kappa shape index (κ2) is 11.1. The van der Waals surface area contributed by atoms with Crippen LogP contribution in [0.4, 0.5) is 5.69 Å². The first kappa shape index (κ1) is 20.5. The van der Waals surface area contributed by atoms with Crippen molar-refractivity contribution < 1.29 is 28.6 Å². The Bertz CT molecular complexity index is 569. The average molecular weight is 351 g/mol. The van der Waals surface area contributed by atoms with Gasteiger partial charge in [-0.05, 0) is 38.1 Å². The van der Waals surface area contributed by atoms with E-state index < -0.39 is 5.97 Å². The van der Waals surface area contributed by atoms with Gasteiger partial charge in [-0.3, -0.25) is 14.4 Å². The summed E-state index contributed by atoms with van der Waals surface area (Å²) in [5.41, 5.74) is 0.624. The van der Waals surface area contributed by atoms with E-state index in [1.807, 2.05) is 0 Å². The molecule has 0 aliphatic rings. The summed E-state index contributed by atoms with van der Waals surface area (Å²) in [7, 11) is 1.55. The molecule has 0 aliphatic heterocycles. The molecule has 0 atom stereocenters. The van der Waals surface area contributed by atoms with Crippen molar-refractivity contribution in [3.05, 3.63) is 24.3 Å². The highest BCUT2D eigenvalue weighted by Gasteiger charge is 2.19. The first-order chi connectivity index (χ1) is 12.0. The van der Waals surface area contributed by atoms with Gasteiger partial charge in [0.15, 0.2) is 0 Å². The Labute approximate surface area is 147 Å². The average Bonchev–Trinajstić information content (AvgIpc) is 2.61. The fraction of sp³-hybridized carbons (Fsp3) is 0.500. The number of nitrogens with zero attached hydrogens (tertiary/aromatic N) is 1. The number of rotatable bonds is 10. The van der Waals surface area contributed by atoms with Crippen molar-refractivity contribution in [1.82, 2.24) is 0 Å². The summed E-state index contributed by atoms with van der Waals surface area (Å²) in [5, 5.41) is 0. The first-order valence-corrected chi connectivity index (χ1v) is 8.27. The fourth-order valence-corrected chi connectivity index (χ4v) is 2.17. The summed E-state index contributed by atoms with van der Waals surface area (Å²) in [5.74, 6) is -0.397. The summed E-state index contributed by atoms with van der Waals surface area (Å²) in [6.07, 6.45) is 0.0808. The molecule has 0 N–H and O–H groups in total. The zero-order valence-electron chi connectivity index (χ0n) is 14.9. The Hall–Kier alpha value is -2.57. The maximum atomic E-state index is 12.5. The minimum atomic E-state index is -0.420. The van der Waals surface area contributed by atoms with Gasteiger partial charge in [0.2, 0.25) is 5.91 Å². The van der Waals surface area contributed by atoms with Crippen LogP contribution in [0.1, 0.15) is 33.1 Å². The molecule has 0 saturated carbocycles. The Morgan fingerprint density at radius 1 is 0.880 bits per heavy atom. The molecule has 0 bridgehead atoms. The molecule has 1 rings (SSSR count). The molecule has 1 aromatic carbocycles. The van der Waals surface area contributed by atoms with E-state index in [1.165, 1.54) is 4.90 Å². The Kier molecular flexibility index (Phi) is 9.06. The topological polar surface area (TPSA) is 82.1 Å². The second-order valence-electron chi connectivity index (χ2n) is 5.10. The highest BCUT2D eigenvalue weighted by molar-refractivity contribution is 5.95. The normalized spacial score (nSPS) is 10.0. The van der Waals surface area contributed by atoms with Crippen molar-refractivity contribution in [3.8, 4) is 5.75 Å². The Balaban J connectivity index is 2.79. The fourth-order valence-electron chi connectivity index (χ4n) is 2.17. The van der Waals surface area contributed by atoms with Crippen molar-refractivity contribution in [2.24, 2.45) is 0 Å². The van der Waals surface area contributed by atoms with Crippen molar-refractivity contribution in [3.63, 3.8) is 0 Å². The van der Waals surface area contributed by atoms with E-state index in [9.17, 15) is 14.4 Å². The number of carbonyl (C=O) groups is 3. The zero-order chi connectivity index (χ0) is 18.7. The molecule has 0 fully saturated rings. The molecule has 0 spiro atoms. The van der Waals surface area contributed by atoms with E-state index in [2.05, 4.69) is 0 Å². The number of hydrogen-bond acceptors (Lipinski definition) is 6. The van der Waals surface area contributed by atoms with Crippen molar-refractivity contribution in [2.75, 3.05) is 31.8 Å². The number of carbonyl (C=O) groups excluding carboxylic acids is 3. The molecule has 0 unspecified atom stereocenters. The predicted molar refractivity (Wildman–Crippen MR) is 92.5 cm³/mol. The third-order valence-corrected chi connectivity index (χ3v) is 3.38. The van der Waals surface area contributed by atoms with E-state index in [-0.39, 0.29) is 50.9 Å². The molecule has 25 heavy (non-hydrogen) atoms. The molecule has 0 radical (unpaired) electrons. The number of esters is 2. The van der Waals surface area contributed by atoms with Crippen molar-refractivity contribution in [1.29, 1.82) is 0 Å². The van der Waals surface area contributed by atoms with Gasteiger partial charge in [-0.25, -0.2) is 0 Å². The molecule has 138 valence electrons. The van der Waals surface area contributed by atoms with Gasteiger partial charge in [-0.1, -0.05) is 0 Å². The summed E-state index contributed by atoms with van der Waals surface area (Å²) < 4.78 is 14.8. The van der Waals surface area contributed by atoms with Crippen LogP contribution in [-0.4, -0.2) is 44.7 Å². The maximum absolute atomic E-state index is 12.5. The summed E-state index contributed by atoms with van der Waals surface area (Å²) >= 11 is 0. The molecule has 7 nitrogen and oxygen atoms in total. The van der Waals surface area contributed by atoms with E-state index >= 15 is 0 Å². The highest BCUT2D eigenvalue weighted by atomic mass is 16.5. The van der Waals surface area contributed by atoms with E-state index in [0.717, 1.165) is 0 Å². The van der Waals surface area contributed by atoms with Crippen LogP contribution in [0.15, 0.2) is 24.3 Å². The van der Waals surface area contributed by atoms with Crippen LogP contribution < -0.4 is 9.64 Å². The third-order valence-electron chi connectivity index (χ3n) is 3.38. The molecule has 0 aliphatic carbocycles. The van der Waals surface area contributed by atoms with Gasteiger partial charge in [0.1, 0.15) is 5.75 Å². The number of amides is 1. The molecular formula is C18H25NO6.